The number of aromatic nitrogens is 2. The Kier molecular flexibility index (Phi) is 2.31. The molecule has 0 aliphatic heterocycles. The summed E-state index contributed by atoms with van der Waals surface area (Å²) >= 11 is 1.82. The second-order valence-electron chi connectivity index (χ2n) is 2.85. The molecule has 0 atom stereocenters. The summed E-state index contributed by atoms with van der Waals surface area (Å²) in [6.45, 7) is 2.99. The average molecular weight is 193 g/mol. The van der Waals surface area contributed by atoms with E-state index in [2.05, 4.69) is 34.6 Å². The minimum atomic E-state index is 0.873. The van der Waals surface area contributed by atoms with E-state index in [0.717, 1.165) is 12.2 Å². The van der Waals surface area contributed by atoms with Crippen molar-refractivity contribution in [3.63, 3.8) is 0 Å². The molecule has 2 aromatic heterocycles. The molecule has 0 radical (unpaired) electrons. The molecule has 0 amide bonds. The van der Waals surface area contributed by atoms with Gasteiger partial charge in [0.15, 0.2) is 0 Å². The molecule has 3 nitrogen and oxygen atoms in total. The van der Waals surface area contributed by atoms with E-state index >= 15 is 0 Å². The van der Waals surface area contributed by atoms with Gasteiger partial charge in [0.2, 0.25) is 0 Å². The Morgan fingerprint density at radius 3 is 3.08 bits per heavy atom. The van der Waals surface area contributed by atoms with Crippen molar-refractivity contribution >= 4 is 17.0 Å². The molecule has 0 aliphatic rings. The number of H-pyrrole nitrogens is 1. The zero-order valence-corrected chi connectivity index (χ0v) is 8.19. The number of aryl methyl sites for hydroxylation is 1. The Morgan fingerprint density at radius 2 is 2.46 bits per heavy atom. The molecule has 0 spiro atoms. The van der Waals surface area contributed by atoms with Crippen molar-refractivity contribution in [3.05, 3.63) is 34.3 Å². The standard InChI is InChI=1S/C9H11N3S/c1-7-2-3-9(13-7)6-10-8-4-11-12-5-8/h2-5,10H,6H2,1H3,(H,11,12). The summed E-state index contributed by atoms with van der Waals surface area (Å²) in [5.41, 5.74) is 1.03. The van der Waals surface area contributed by atoms with Crippen molar-refractivity contribution in [1.82, 2.24) is 10.2 Å². The molecule has 0 unspecified atom stereocenters. The SMILES string of the molecule is Cc1ccc(CNc2cn[nH]c2)s1. The Morgan fingerprint density at radius 1 is 1.54 bits per heavy atom. The third kappa shape index (κ3) is 2.09. The normalized spacial score (nSPS) is 10.2. The molecule has 0 fully saturated rings. The molecular formula is C9H11N3S. The monoisotopic (exact) mass is 193 g/mol. The Labute approximate surface area is 80.8 Å². The van der Waals surface area contributed by atoms with E-state index in [9.17, 15) is 0 Å². The van der Waals surface area contributed by atoms with Gasteiger partial charge in [0.1, 0.15) is 0 Å². The lowest BCUT2D eigenvalue weighted by Gasteiger charge is -1.98. The zero-order valence-electron chi connectivity index (χ0n) is 7.37. The van der Waals surface area contributed by atoms with E-state index in [1.165, 1.54) is 9.75 Å². The first-order valence-corrected chi connectivity index (χ1v) is 4.94. The maximum absolute atomic E-state index is 3.86. The van der Waals surface area contributed by atoms with E-state index in [0.29, 0.717) is 0 Å². The molecule has 2 N–H and O–H groups in total. The third-order valence-corrected chi connectivity index (χ3v) is 2.76. The highest BCUT2D eigenvalue weighted by atomic mass is 32.1. The predicted octanol–water partition coefficient (Wildman–Crippen LogP) is 2.39. The molecule has 0 saturated carbocycles. The molecule has 2 aromatic rings. The van der Waals surface area contributed by atoms with Crippen LogP contribution in [0.4, 0.5) is 5.69 Å². The van der Waals surface area contributed by atoms with Crippen molar-refractivity contribution in [1.29, 1.82) is 0 Å². The Balaban J connectivity index is 1.93. The van der Waals surface area contributed by atoms with Crippen LogP contribution in [0.2, 0.25) is 0 Å². The van der Waals surface area contributed by atoms with Gasteiger partial charge in [-0.05, 0) is 19.1 Å². The highest BCUT2D eigenvalue weighted by Gasteiger charge is 1.96. The summed E-state index contributed by atoms with van der Waals surface area (Å²) in [7, 11) is 0. The van der Waals surface area contributed by atoms with E-state index < -0.39 is 0 Å². The lowest BCUT2D eigenvalue weighted by atomic mass is 10.4. The second-order valence-corrected chi connectivity index (χ2v) is 4.23. The molecule has 0 aliphatic carbocycles. The van der Waals surface area contributed by atoms with E-state index in [1.54, 1.807) is 6.20 Å². The van der Waals surface area contributed by atoms with E-state index in [1.807, 2.05) is 17.5 Å². The predicted molar refractivity (Wildman–Crippen MR) is 55.0 cm³/mol. The highest BCUT2D eigenvalue weighted by molar-refractivity contribution is 7.11. The van der Waals surface area contributed by atoms with Gasteiger partial charge in [-0.15, -0.1) is 11.3 Å². The van der Waals surface area contributed by atoms with Crippen molar-refractivity contribution in [3.8, 4) is 0 Å². The van der Waals surface area contributed by atoms with Gasteiger partial charge in [0, 0.05) is 22.5 Å². The quantitative estimate of drug-likeness (QED) is 0.785. The zero-order chi connectivity index (χ0) is 9.10. The van der Waals surface area contributed by atoms with Crippen LogP contribution in [0.1, 0.15) is 9.75 Å². The Bertz CT molecular complexity index is 364. The number of hydrogen-bond acceptors (Lipinski definition) is 3. The lowest BCUT2D eigenvalue weighted by Crippen LogP contribution is -1.95. The van der Waals surface area contributed by atoms with Crippen LogP contribution >= 0.6 is 11.3 Å². The maximum atomic E-state index is 3.86. The van der Waals surface area contributed by atoms with Crippen molar-refractivity contribution in [2.75, 3.05) is 5.32 Å². The first-order chi connectivity index (χ1) is 6.34. The summed E-state index contributed by atoms with van der Waals surface area (Å²) < 4.78 is 0. The Hall–Kier alpha value is -1.29. The van der Waals surface area contributed by atoms with Gasteiger partial charge in [-0.2, -0.15) is 5.10 Å². The molecule has 0 bridgehead atoms. The van der Waals surface area contributed by atoms with Gasteiger partial charge < -0.3 is 5.32 Å². The van der Waals surface area contributed by atoms with Crippen molar-refractivity contribution < 1.29 is 0 Å². The number of rotatable bonds is 3. The van der Waals surface area contributed by atoms with Gasteiger partial charge in [-0.1, -0.05) is 0 Å². The second kappa shape index (κ2) is 3.62. The van der Waals surface area contributed by atoms with Crippen LogP contribution in [0.25, 0.3) is 0 Å². The summed E-state index contributed by atoms with van der Waals surface area (Å²) in [6.07, 6.45) is 3.63. The fourth-order valence-corrected chi connectivity index (χ4v) is 1.95. The van der Waals surface area contributed by atoms with Crippen molar-refractivity contribution in [2.24, 2.45) is 0 Å². The minimum absolute atomic E-state index is 0.873. The van der Waals surface area contributed by atoms with Crippen LogP contribution in [0.5, 0.6) is 0 Å². The molecule has 13 heavy (non-hydrogen) atoms. The van der Waals surface area contributed by atoms with Crippen LogP contribution in [-0.2, 0) is 6.54 Å². The first-order valence-electron chi connectivity index (χ1n) is 4.12. The van der Waals surface area contributed by atoms with Gasteiger partial charge >= 0.3 is 0 Å². The van der Waals surface area contributed by atoms with E-state index in [4.69, 9.17) is 0 Å². The van der Waals surface area contributed by atoms with Crippen molar-refractivity contribution in [2.45, 2.75) is 13.5 Å². The molecule has 0 saturated heterocycles. The molecular weight excluding hydrogens is 182 g/mol. The third-order valence-electron chi connectivity index (χ3n) is 1.76. The summed E-state index contributed by atoms with van der Waals surface area (Å²) in [5, 5.41) is 9.89. The number of hydrogen-bond donors (Lipinski definition) is 2. The van der Waals surface area contributed by atoms with Crippen LogP contribution in [0.15, 0.2) is 24.5 Å². The largest absolute Gasteiger partial charge is 0.378 e. The minimum Gasteiger partial charge on any atom is -0.378 e. The fourth-order valence-electron chi connectivity index (χ4n) is 1.12. The van der Waals surface area contributed by atoms with Crippen LogP contribution in [-0.4, -0.2) is 10.2 Å². The summed E-state index contributed by atoms with van der Waals surface area (Å²) in [6, 6.07) is 4.28. The fraction of sp³-hybridized carbons (Fsp3) is 0.222. The summed E-state index contributed by atoms with van der Waals surface area (Å²) in [4.78, 5) is 2.70. The van der Waals surface area contributed by atoms with E-state index in [-0.39, 0.29) is 0 Å². The lowest BCUT2D eigenvalue weighted by molar-refractivity contribution is 1.09. The number of nitrogens with one attached hydrogen (secondary N) is 2. The summed E-state index contributed by atoms with van der Waals surface area (Å²) in [5.74, 6) is 0. The number of thiophene rings is 1. The number of aromatic amines is 1. The van der Waals surface area contributed by atoms with Gasteiger partial charge in [0.25, 0.3) is 0 Å². The van der Waals surface area contributed by atoms with Crippen LogP contribution < -0.4 is 5.32 Å². The molecule has 0 aromatic carbocycles. The first kappa shape index (κ1) is 8.31. The van der Waals surface area contributed by atoms with Crippen LogP contribution in [0, 0.1) is 6.92 Å². The topological polar surface area (TPSA) is 40.7 Å². The van der Waals surface area contributed by atoms with Gasteiger partial charge in [-0.25, -0.2) is 0 Å². The molecule has 4 heteroatoms. The molecule has 2 rings (SSSR count). The highest BCUT2D eigenvalue weighted by Crippen LogP contribution is 2.16. The maximum Gasteiger partial charge on any atom is 0.0726 e. The number of anilines is 1. The number of nitrogens with zero attached hydrogens (tertiary/aromatic N) is 1. The van der Waals surface area contributed by atoms with Crippen LogP contribution in [0.3, 0.4) is 0 Å². The van der Waals surface area contributed by atoms with Gasteiger partial charge in [-0.3, -0.25) is 5.10 Å². The molecule has 2 heterocycles. The van der Waals surface area contributed by atoms with Gasteiger partial charge in [0.05, 0.1) is 11.9 Å². The molecule has 68 valence electrons. The average Bonchev–Trinajstić information content (AvgIpc) is 2.71. The smallest absolute Gasteiger partial charge is 0.0726 e.